The van der Waals surface area contributed by atoms with E-state index in [4.69, 9.17) is 0 Å². The van der Waals surface area contributed by atoms with Gasteiger partial charge in [-0.15, -0.1) is 0 Å². The number of hydrogen-bond acceptors (Lipinski definition) is 4. The lowest BCUT2D eigenvalue weighted by Crippen LogP contribution is -2.37. The Morgan fingerprint density at radius 1 is 1.29 bits per heavy atom. The summed E-state index contributed by atoms with van der Waals surface area (Å²) in [7, 11) is 0. The van der Waals surface area contributed by atoms with Crippen molar-refractivity contribution in [1.82, 2.24) is 10.2 Å². The summed E-state index contributed by atoms with van der Waals surface area (Å²) in [5.74, 6) is 1.04. The van der Waals surface area contributed by atoms with Crippen LogP contribution < -0.4 is 5.32 Å². The van der Waals surface area contributed by atoms with Crippen LogP contribution in [0.2, 0.25) is 0 Å². The monoisotopic (exact) mass is 292 g/mol. The summed E-state index contributed by atoms with van der Waals surface area (Å²) in [5, 5.41) is 22.9. The summed E-state index contributed by atoms with van der Waals surface area (Å²) in [4.78, 5) is 2.46. The van der Waals surface area contributed by atoms with E-state index in [1.54, 1.807) is 6.07 Å². The molecule has 1 aliphatic heterocycles. The summed E-state index contributed by atoms with van der Waals surface area (Å²) in [5.41, 5.74) is 0.898. The van der Waals surface area contributed by atoms with E-state index in [-0.39, 0.29) is 17.5 Å². The van der Waals surface area contributed by atoms with Crippen LogP contribution in [0, 0.1) is 5.92 Å². The Labute approximate surface area is 127 Å². The van der Waals surface area contributed by atoms with Gasteiger partial charge in [0.05, 0.1) is 0 Å². The minimum atomic E-state index is 0.115. The molecule has 2 rings (SSSR count). The first-order valence-corrected chi connectivity index (χ1v) is 8.08. The lowest BCUT2D eigenvalue weighted by molar-refractivity contribution is 0.159. The zero-order valence-corrected chi connectivity index (χ0v) is 13.2. The fraction of sp³-hybridized carbons (Fsp3) is 0.647. The lowest BCUT2D eigenvalue weighted by Gasteiger charge is -2.34. The van der Waals surface area contributed by atoms with E-state index in [1.807, 2.05) is 6.07 Å². The minimum absolute atomic E-state index is 0.115. The van der Waals surface area contributed by atoms with Crippen molar-refractivity contribution in [3.8, 4) is 11.5 Å². The van der Waals surface area contributed by atoms with Gasteiger partial charge >= 0.3 is 0 Å². The molecule has 1 saturated heterocycles. The molecule has 1 aromatic carbocycles. The number of piperidine rings is 1. The van der Waals surface area contributed by atoms with Crippen molar-refractivity contribution in [1.29, 1.82) is 0 Å². The van der Waals surface area contributed by atoms with E-state index in [0.29, 0.717) is 0 Å². The smallest absolute Gasteiger partial charge is 0.124 e. The standard InChI is InChI=1S/C17H28N2O2/c1-3-10-19(12-14-6-8-18-9-7-14)13(2)16-5-4-15(20)11-17(16)21/h4-5,11,13-14,18,20-21H,3,6-10,12H2,1-2H3. The first kappa shape index (κ1) is 16.1. The second kappa shape index (κ2) is 7.66. The van der Waals surface area contributed by atoms with Crippen LogP contribution in [-0.2, 0) is 0 Å². The van der Waals surface area contributed by atoms with Crippen LogP contribution in [0.1, 0.15) is 44.7 Å². The largest absolute Gasteiger partial charge is 0.508 e. The zero-order valence-electron chi connectivity index (χ0n) is 13.2. The van der Waals surface area contributed by atoms with E-state index in [1.165, 1.54) is 18.9 Å². The first-order valence-electron chi connectivity index (χ1n) is 8.08. The maximum atomic E-state index is 10.1. The number of nitrogens with zero attached hydrogens (tertiary/aromatic N) is 1. The van der Waals surface area contributed by atoms with Gasteiger partial charge in [0.2, 0.25) is 0 Å². The maximum absolute atomic E-state index is 10.1. The summed E-state index contributed by atoms with van der Waals surface area (Å²) in [6, 6.07) is 5.08. The number of hydrogen-bond donors (Lipinski definition) is 3. The van der Waals surface area contributed by atoms with E-state index < -0.39 is 0 Å². The number of nitrogens with one attached hydrogen (secondary N) is 1. The van der Waals surface area contributed by atoms with Crippen molar-refractivity contribution in [3.63, 3.8) is 0 Å². The van der Waals surface area contributed by atoms with Crippen LogP contribution in [0.3, 0.4) is 0 Å². The van der Waals surface area contributed by atoms with Crippen molar-refractivity contribution < 1.29 is 10.2 Å². The molecular formula is C17H28N2O2. The average Bonchev–Trinajstić information content (AvgIpc) is 2.47. The molecular weight excluding hydrogens is 264 g/mol. The summed E-state index contributed by atoms with van der Waals surface area (Å²) in [6.07, 6.45) is 3.57. The molecule has 0 radical (unpaired) electrons. The number of benzene rings is 1. The quantitative estimate of drug-likeness (QED) is 0.754. The molecule has 1 aromatic rings. The van der Waals surface area contributed by atoms with E-state index in [2.05, 4.69) is 24.1 Å². The van der Waals surface area contributed by atoms with Crippen LogP contribution in [0.15, 0.2) is 18.2 Å². The molecule has 1 unspecified atom stereocenters. The Bertz CT molecular complexity index is 444. The molecule has 4 nitrogen and oxygen atoms in total. The number of phenols is 2. The summed E-state index contributed by atoms with van der Waals surface area (Å²) in [6.45, 7) is 8.68. The lowest BCUT2D eigenvalue weighted by atomic mass is 9.95. The highest BCUT2D eigenvalue weighted by molar-refractivity contribution is 5.40. The molecule has 1 heterocycles. The molecule has 0 bridgehead atoms. The first-order chi connectivity index (χ1) is 10.1. The molecule has 0 aliphatic carbocycles. The molecule has 0 amide bonds. The van der Waals surface area contributed by atoms with Gasteiger partial charge in [-0.3, -0.25) is 4.90 Å². The van der Waals surface area contributed by atoms with Crippen LogP contribution in [0.25, 0.3) is 0 Å². The van der Waals surface area contributed by atoms with Gasteiger partial charge in [0.15, 0.2) is 0 Å². The molecule has 0 spiro atoms. The minimum Gasteiger partial charge on any atom is -0.508 e. The molecule has 1 aliphatic rings. The van der Waals surface area contributed by atoms with Gasteiger partial charge in [0.1, 0.15) is 11.5 Å². The van der Waals surface area contributed by atoms with Crippen molar-refractivity contribution in [2.24, 2.45) is 5.92 Å². The molecule has 118 valence electrons. The zero-order chi connectivity index (χ0) is 15.2. The SMILES string of the molecule is CCCN(CC1CCNCC1)C(C)c1ccc(O)cc1O. The summed E-state index contributed by atoms with van der Waals surface area (Å²) < 4.78 is 0. The molecule has 4 heteroatoms. The second-order valence-corrected chi connectivity index (χ2v) is 6.11. The fourth-order valence-electron chi connectivity index (χ4n) is 3.21. The van der Waals surface area contributed by atoms with Crippen molar-refractivity contribution in [3.05, 3.63) is 23.8 Å². The van der Waals surface area contributed by atoms with Crippen LogP contribution in [-0.4, -0.2) is 41.3 Å². The number of rotatable bonds is 6. The third-order valence-corrected chi connectivity index (χ3v) is 4.47. The Morgan fingerprint density at radius 2 is 2.00 bits per heavy atom. The Balaban J connectivity index is 2.08. The highest BCUT2D eigenvalue weighted by Crippen LogP contribution is 2.32. The third-order valence-electron chi connectivity index (χ3n) is 4.47. The molecule has 0 aromatic heterocycles. The van der Waals surface area contributed by atoms with E-state index in [0.717, 1.165) is 44.1 Å². The Morgan fingerprint density at radius 3 is 2.62 bits per heavy atom. The Kier molecular flexibility index (Phi) is 5.88. The summed E-state index contributed by atoms with van der Waals surface area (Å²) >= 11 is 0. The normalized spacial score (nSPS) is 18.0. The van der Waals surface area contributed by atoms with Gasteiger partial charge in [-0.2, -0.15) is 0 Å². The van der Waals surface area contributed by atoms with Gasteiger partial charge in [0.25, 0.3) is 0 Å². The van der Waals surface area contributed by atoms with Crippen LogP contribution in [0.5, 0.6) is 11.5 Å². The predicted octanol–water partition coefficient (Wildman–Crippen LogP) is 2.87. The van der Waals surface area contributed by atoms with Crippen molar-refractivity contribution in [2.75, 3.05) is 26.2 Å². The van der Waals surface area contributed by atoms with Gasteiger partial charge in [-0.1, -0.05) is 13.0 Å². The molecule has 21 heavy (non-hydrogen) atoms. The van der Waals surface area contributed by atoms with Crippen molar-refractivity contribution in [2.45, 2.75) is 39.2 Å². The molecule has 3 N–H and O–H groups in total. The van der Waals surface area contributed by atoms with Gasteiger partial charge in [0, 0.05) is 24.2 Å². The maximum Gasteiger partial charge on any atom is 0.124 e. The van der Waals surface area contributed by atoms with E-state index >= 15 is 0 Å². The van der Waals surface area contributed by atoms with Crippen molar-refractivity contribution >= 4 is 0 Å². The topological polar surface area (TPSA) is 55.7 Å². The Hall–Kier alpha value is -1.26. The number of phenolic OH excluding ortho intramolecular Hbond substituents is 2. The molecule has 1 fully saturated rings. The molecule has 1 atom stereocenters. The van der Waals surface area contributed by atoms with Gasteiger partial charge in [-0.05, 0) is 57.8 Å². The van der Waals surface area contributed by atoms with Crippen LogP contribution in [0.4, 0.5) is 0 Å². The highest BCUT2D eigenvalue weighted by atomic mass is 16.3. The van der Waals surface area contributed by atoms with E-state index in [9.17, 15) is 10.2 Å². The van der Waals surface area contributed by atoms with Gasteiger partial charge in [-0.25, -0.2) is 0 Å². The third kappa shape index (κ3) is 4.35. The molecule has 0 saturated carbocycles. The average molecular weight is 292 g/mol. The highest BCUT2D eigenvalue weighted by Gasteiger charge is 2.22. The fourth-order valence-corrected chi connectivity index (χ4v) is 3.21. The van der Waals surface area contributed by atoms with Gasteiger partial charge < -0.3 is 15.5 Å². The predicted molar refractivity (Wildman–Crippen MR) is 85.6 cm³/mol. The second-order valence-electron chi connectivity index (χ2n) is 6.11. The van der Waals surface area contributed by atoms with Crippen LogP contribution >= 0.6 is 0 Å². The number of aromatic hydroxyl groups is 2.